The maximum Gasteiger partial charge on any atom is 0.348 e. The molecule has 4 aliphatic rings. The predicted octanol–water partition coefficient (Wildman–Crippen LogP) is 3.84. The fourth-order valence-electron chi connectivity index (χ4n) is 6.20. The summed E-state index contributed by atoms with van der Waals surface area (Å²) < 4.78 is 5.15. The van der Waals surface area contributed by atoms with Crippen LogP contribution < -0.4 is 10.9 Å². The number of amides is 1. The monoisotopic (exact) mass is 414 g/mol. The second-order valence-corrected chi connectivity index (χ2v) is 9.96. The molecule has 2 N–H and O–H groups in total. The summed E-state index contributed by atoms with van der Waals surface area (Å²) in [5.74, 6) is 2.40. The summed E-state index contributed by atoms with van der Waals surface area (Å²) >= 11 is 1.29. The standard InChI is InChI=1S/C21H26N4O3S/c1-3-28-19(26)16-11(2)15-17(22-10-23-18(15)29-16)24-25-20(27)21-7-12-4-13(8-21)6-14(5-12)9-21/h10,12-14H,3-9H2,1-2H3,(H,25,27)(H,22,23,24). The van der Waals surface area contributed by atoms with Crippen LogP contribution in [-0.2, 0) is 9.53 Å². The Hall–Kier alpha value is -2.22. The molecular weight excluding hydrogens is 388 g/mol. The smallest absolute Gasteiger partial charge is 0.348 e. The lowest BCUT2D eigenvalue weighted by Gasteiger charge is -2.55. The highest BCUT2D eigenvalue weighted by atomic mass is 32.1. The predicted molar refractivity (Wildman–Crippen MR) is 110 cm³/mol. The van der Waals surface area contributed by atoms with Crippen molar-refractivity contribution >= 4 is 39.2 Å². The van der Waals surface area contributed by atoms with Gasteiger partial charge in [-0.05, 0) is 75.7 Å². The number of carbonyl (C=O) groups is 2. The number of carbonyl (C=O) groups excluding carboxylic acids is 2. The van der Waals surface area contributed by atoms with Gasteiger partial charge >= 0.3 is 5.97 Å². The maximum absolute atomic E-state index is 13.2. The van der Waals surface area contributed by atoms with E-state index in [0.29, 0.717) is 39.9 Å². The van der Waals surface area contributed by atoms with Crippen LogP contribution in [0.15, 0.2) is 6.33 Å². The van der Waals surface area contributed by atoms with E-state index in [-0.39, 0.29) is 17.3 Å². The highest BCUT2D eigenvalue weighted by Crippen LogP contribution is 2.60. The molecule has 4 fully saturated rings. The normalized spacial score (nSPS) is 29.8. The molecule has 0 aliphatic heterocycles. The van der Waals surface area contributed by atoms with Crippen molar-refractivity contribution in [3.63, 3.8) is 0 Å². The van der Waals surface area contributed by atoms with Gasteiger partial charge in [-0.3, -0.25) is 15.6 Å². The van der Waals surface area contributed by atoms with Crippen molar-refractivity contribution in [3.05, 3.63) is 16.8 Å². The summed E-state index contributed by atoms with van der Waals surface area (Å²) in [6.45, 7) is 3.97. The number of thiophene rings is 1. The quantitative estimate of drug-likeness (QED) is 0.570. The van der Waals surface area contributed by atoms with Crippen LogP contribution in [0, 0.1) is 30.1 Å². The first kappa shape index (κ1) is 18.8. The number of hydrogen-bond acceptors (Lipinski definition) is 7. The van der Waals surface area contributed by atoms with Crippen LogP contribution in [0.4, 0.5) is 5.82 Å². The largest absolute Gasteiger partial charge is 0.462 e. The fraction of sp³-hybridized carbons (Fsp3) is 0.619. The number of nitrogens with one attached hydrogen (secondary N) is 2. The maximum atomic E-state index is 13.2. The van der Waals surface area contributed by atoms with Crippen LogP contribution in [0.2, 0.25) is 0 Å². The first-order valence-electron chi connectivity index (χ1n) is 10.5. The van der Waals surface area contributed by atoms with E-state index in [9.17, 15) is 9.59 Å². The van der Waals surface area contributed by atoms with E-state index in [4.69, 9.17) is 4.74 Å². The summed E-state index contributed by atoms with van der Waals surface area (Å²) in [4.78, 5) is 35.3. The van der Waals surface area contributed by atoms with Gasteiger partial charge in [-0.15, -0.1) is 11.3 Å². The molecule has 2 aromatic rings. The summed E-state index contributed by atoms with van der Waals surface area (Å²) in [6.07, 6.45) is 8.39. The molecule has 4 aliphatic carbocycles. The number of fused-ring (bicyclic) bond motifs is 1. The number of aryl methyl sites for hydroxylation is 1. The van der Waals surface area contributed by atoms with Crippen molar-refractivity contribution in [2.45, 2.75) is 52.4 Å². The molecule has 4 saturated carbocycles. The van der Waals surface area contributed by atoms with Gasteiger partial charge in [0.05, 0.1) is 17.4 Å². The number of esters is 1. The number of hydrogen-bond donors (Lipinski definition) is 2. The third-order valence-corrected chi connectivity index (χ3v) is 8.18. The Labute approximate surface area is 173 Å². The van der Waals surface area contributed by atoms with Gasteiger partial charge in [0.15, 0.2) is 5.82 Å². The molecule has 154 valence electrons. The van der Waals surface area contributed by atoms with Crippen LogP contribution in [0.5, 0.6) is 0 Å². The summed E-state index contributed by atoms with van der Waals surface area (Å²) in [6, 6.07) is 0. The van der Waals surface area contributed by atoms with Crippen molar-refractivity contribution < 1.29 is 14.3 Å². The molecule has 4 bridgehead atoms. The van der Waals surface area contributed by atoms with Crippen LogP contribution in [0.1, 0.15) is 60.7 Å². The van der Waals surface area contributed by atoms with E-state index in [2.05, 4.69) is 20.8 Å². The SMILES string of the molecule is CCOC(=O)c1sc2ncnc(NNC(=O)C34CC5CC(CC(C5)C3)C4)c2c1C. The zero-order chi connectivity index (χ0) is 20.2. The Morgan fingerprint density at radius 2 is 1.83 bits per heavy atom. The first-order chi connectivity index (χ1) is 14.0. The highest BCUT2D eigenvalue weighted by Gasteiger charge is 2.54. The Morgan fingerprint density at radius 3 is 2.45 bits per heavy atom. The molecule has 0 radical (unpaired) electrons. The Bertz CT molecular complexity index is 950. The molecule has 7 nitrogen and oxygen atoms in total. The number of nitrogens with zero attached hydrogens (tertiary/aromatic N) is 2. The fourth-order valence-corrected chi connectivity index (χ4v) is 7.24. The number of hydrazine groups is 1. The van der Waals surface area contributed by atoms with E-state index in [1.807, 2.05) is 6.92 Å². The lowest BCUT2D eigenvalue weighted by atomic mass is 9.49. The minimum Gasteiger partial charge on any atom is -0.462 e. The lowest BCUT2D eigenvalue weighted by molar-refractivity contribution is -0.145. The molecule has 0 aromatic carbocycles. The average molecular weight is 415 g/mol. The van der Waals surface area contributed by atoms with Gasteiger partial charge in [0.1, 0.15) is 16.0 Å². The second kappa shape index (κ2) is 6.93. The molecule has 0 saturated heterocycles. The molecule has 29 heavy (non-hydrogen) atoms. The van der Waals surface area contributed by atoms with Crippen LogP contribution in [-0.4, -0.2) is 28.5 Å². The highest BCUT2D eigenvalue weighted by molar-refractivity contribution is 7.20. The minimum absolute atomic E-state index is 0.0851. The van der Waals surface area contributed by atoms with Gasteiger partial charge in [0.2, 0.25) is 5.91 Å². The van der Waals surface area contributed by atoms with Crippen LogP contribution in [0.25, 0.3) is 10.2 Å². The van der Waals surface area contributed by atoms with E-state index in [1.54, 1.807) is 6.92 Å². The first-order valence-corrected chi connectivity index (χ1v) is 11.3. The van der Waals surface area contributed by atoms with Crippen molar-refractivity contribution in [2.75, 3.05) is 12.0 Å². The third kappa shape index (κ3) is 3.08. The van der Waals surface area contributed by atoms with Crippen molar-refractivity contribution in [2.24, 2.45) is 23.2 Å². The van der Waals surface area contributed by atoms with Gasteiger partial charge in [0.25, 0.3) is 0 Å². The van der Waals surface area contributed by atoms with E-state index in [1.165, 1.54) is 36.9 Å². The van der Waals surface area contributed by atoms with Crippen molar-refractivity contribution in [1.29, 1.82) is 0 Å². The van der Waals surface area contributed by atoms with Gasteiger partial charge < -0.3 is 4.74 Å². The van der Waals surface area contributed by atoms with Gasteiger partial charge in [0, 0.05) is 0 Å². The van der Waals surface area contributed by atoms with E-state index < -0.39 is 0 Å². The minimum atomic E-state index is -0.350. The Morgan fingerprint density at radius 1 is 1.17 bits per heavy atom. The zero-order valence-electron chi connectivity index (χ0n) is 16.8. The van der Waals surface area contributed by atoms with Crippen LogP contribution >= 0.6 is 11.3 Å². The average Bonchev–Trinajstić information content (AvgIpc) is 3.02. The molecule has 0 unspecified atom stereocenters. The van der Waals surface area contributed by atoms with Crippen molar-refractivity contribution in [1.82, 2.24) is 15.4 Å². The van der Waals surface area contributed by atoms with Gasteiger partial charge in [-0.2, -0.15) is 0 Å². The van der Waals surface area contributed by atoms with Crippen molar-refractivity contribution in [3.8, 4) is 0 Å². The van der Waals surface area contributed by atoms with Crippen LogP contribution in [0.3, 0.4) is 0 Å². The number of rotatable bonds is 5. The molecule has 0 spiro atoms. The number of ether oxygens (including phenoxy) is 1. The molecular formula is C21H26N4O3S. The van der Waals surface area contributed by atoms with E-state index >= 15 is 0 Å². The third-order valence-electron chi connectivity index (χ3n) is 7.00. The second-order valence-electron chi connectivity index (χ2n) is 8.96. The molecule has 2 heterocycles. The number of aromatic nitrogens is 2. The molecule has 2 aromatic heterocycles. The molecule has 6 rings (SSSR count). The Balaban J connectivity index is 1.37. The zero-order valence-corrected chi connectivity index (χ0v) is 17.6. The summed E-state index contributed by atoms with van der Waals surface area (Å²) in [5, 5.41) is 0.756. The Kier molecular flexibility index (Phi) is 4.49. The molecule has 8 heteroatoms. The molecule has 1 amide bonds. The van der Waals surface area contributed by atoms with Gasteiger partial charge in [-0.25, -0.2) is 14.8 Å². The molecule has 0 atom stereocenters. The van der Waals surface area contributed by atoms with Gasteiger partial charge in [-0.1, -0.05) is 0 Å². The number of anilines is 1. The summed E-state index contributed by atoms with van der Waals surface area (Å²) in [7, 11) is 0. The summed E-state index contributed by atoms with van der Waals surface area (Å²) in [5.41, 5.74) is 6.53. The lowest BCUT2D eigenvalue weighted by Crippen LogP contribution is -2.54. The topological polar surface area (TPSA) is 93.2 Å². The van der Waals surface area contributed by atoms with E-state index in [0.717, 1.165) is 30.2 Å².